The molecule has 0 aliphatic carbocycles. The Labute approximate surface area is 163 Å². The van der Waals surface area contributed by atoms with Gasteiger partial charge in [0.25, 0.3) is 0 Å². The van der Waals surface area contributed by atoms with Crippen LogP contribution >= 0.6 is 11.6 Å². The number of amidine groups is 1. The molecule has 0 saturated carbocycles. The third kappa shape index (κ3) is 3.71. The highest BCUT2D eigenvalue weighted by Gasteiger charge is 2.18. The number of hydrogen-bond acceptors (Lipinski definition) is 4. The topological polar surface area (TPSA) is 46.0 Å². The van der Waals surface area contributed by atoms with Crippen LogP contribution in [0.4, 0.5) is 5.69 Å². The van der Waals surface area contributed by atoms with Gasteiger partial charge in [0, 0.05) is 21.7 Å². The second-order valence-electron chi connectivity index (χ2n) is 6.02. The van der Waals surface area contributed by atoms with Gasteiger partial charge in [-0.2, -0.15) is 5.10 Å². The Morgan fingerprint density at radius 1 is 0.926 bits per heavy atom. The van der Waals surface area contributed by atoms with E-state index in [0.29, 0.717) is 17.5 Å². The molecule has 0 bridgehead atoms. The lowest BCUT2D eigenvalue weighted by Crippen LogP contribution is -2.19. The summed E-state index contributed by atoms with van der Waals surface area (Å²) in [5.74, 6) is 1.47. The third-order valence-corrected chi connectivity index (χ3v) is 4.42. The van der Waals surface area contributed by atoms with Crippen LogP contribution in [-0.2, 0) is 0 Å². The van der Waals surface area contributed by atoms with E-state index in [9.17, 15) is 0 Å². The first-order valence-electron chi connectivity index (χ1n) is 8.75. The van der Waals surface area contributed by atoms with Crippen LogP contribution in [0.15, 0.2) is 82.9 Å². The maximum Gasteiger partial charge on any atom is 0.154 e. The molecule has 0 radical (unpaired) electrons. The summed E-state index contributed by atoms with van der Waals surface area (Å²) < 4.78 is 5.68. The van der Waals surface area contributed by atoms with Crippen molar-refractivity contribution in [3.63, 3.8) is 0 Å². The summed E-state index contributed by atoms with van der Waals surface area (Å²) >= 11 is 6.21. The van der Waals surface area contributed by atoms with Gasteiger partial charge < -0.3 is 4.74 Å². The highest BCUT2D eigenvalue weighted by Crippen LogP contribution is 2.30. The minimum atomic E-state index is 0.596. The van der Waals surface area contributed by atoms with E-state index in [0.717, 1.165) is 33.8 Å². The Bertz CT molecular complexity index is 1030. The zero-order chi connectivity index (χ0) is 18.6. The van der Waals surface area contributed by atoms with Crippen LogP contribution in [-0.4, -0.2) is 18.2 Å². The fourth-order valence-electron chi connectivity index (χ4n) is 2.95. The van der Waals surface area contributed by atoms with Crippen molar-refractivity contribution >= 4 is 28.8 Å². The molecule has 1 aliphatic rings. The Kier molecular flexibility index (Phi) is 4.90. The van der Waals surface area contributed by atoms with E-state index in [4.69, 9.17) is 21.3 Å². The SMILES string of the molecule is CCOc1ccc2c(c1)C(c1cccc(Cl)c1)=NNC(c1ccccc1)=N2. The van der Waals surface area contributed by atoms with E-state index in [1.807, 2.05) is 79.7 Å². The molecular weight excluding hydrogens is 358 g/mol. The van der Waals surface area contributed by atoms with Gasteiger partial charge in [-0.25, -0.2) is 4.99 Å². The average molecular weight is 376 g/mol. The molecule has 1 aliphatic heterocycles. The fourth-order valence-corrected chi connectivity index (χ4v) is 3.14. The number of rotatable bonds is 4. The van der Waals surface area contributed by atoms with Crippen molar-refractivity contribution in [2.24, 2.45) is 10.1 Å². The molecule has 3 aromatic rings. The van der Waals surface area contributed by atoms with Crippen molar-refractivity contribution in [2.75, 3.05) is 6.61 Å². The smallest absolute Gasteiger partial charge is 0.154 e. The van der Waals surface area contributed by atoms with Crippen LogP contribution in [0.3, 0.4) is 0 Å². The lowest BCUT2D eigenvalue weighted by Gasteiger charge is -2.10. The number of aliphatic imine (C=N–C) groups is 1. The van der Waals surface area contributed by atoms with Crippen molar-refractivity contribution in [2.45, 2.75) is 6.92 Å². The van der Waals surface area contributed by atoms with Crippen LogP contribution < -0.4 is 10.2 Å². The third-order valence-electron chi connectivity index (χ3n) is 4.19. The van der Waals surface area contributed by atoms with Gasteiger partial charge in [-0.05, 0) is 37.3 Å². The second kappa shape index (κ2) is 7.64. The van der Waals surface area contributed by atoms with Gasteiger partial charge in [-0.15, -0.1) is 0 Å². The predicted molar refractivity (Wildman–Crippen MR) is 110 cm³/mol. The molecule has 1 heterocycles. The van der Waals surface area contributed by atoms with Gasteiger partial charge in [-0.1, -0.05) is 54.1 Å². The highest BCUT2D eigenvalue weighted by molar-refractivity contribution is 6.31. The number of hydrogen-bond donors (Lipinski definition) is 1. The van der Waals surface area contributed by atoms with Crippen molar-refractivity contribution in [1.29, 1.82) is 0 Å². The molecule has 4 nitrogen and oxygen atoms in total. The molecule has 0 spiro atoms. The number of benzene rings is 3. The molecule has 0 amide bonds. The van der Waals surface area contributed by atoms with Gasteiger partial charge in [0.2, 0.25) is 0 Å². The number of halogens is 1. The van der Waals surface area contributed by atoms with E-state index < -0.39 is 0 Å². The zero-order valence-electron chi connectivity index (χ0n) is 14.8. The van der Waals surface area contributed by atoms with Gasteiger partial charge in [0.05, 0.1) is 12.3 Å². The summed E-state index contributed by atoms with van der Waals surface area (Å²) in [6, 6.07) is 23.4. The maximum atomic E-state index is 6.21. The van der Waals surface area contributed by atoms with E-state index in [2.05, 4.69) is 10.5 Å². The molecule has 0 atom stereocenters. The molecule has 0 unspecified atom stereocenters. The Hall–Kier alpha value is -3.11. The summed E-state index contributed by atoms with van der Waals surface area (Å²) in [4.78, 5) is 4.81. The summed E-state index contributed by atoms with van der Waals surface area (Å²) in [5, 5.41) is 5.32. The molecule has 0 fully saturated rings. The number of nitrogens with one attached hydrogen (secondary N) is 1. The first-order chi connectivity index (χ1) is 13.2. The molecule has 5 heteroatoms. The molecule has 1 N–H and O–H groups in total. The van der Waals surface area contributed by atoms with Gasteiger partial charge >= 0.3 is 0 Å². The minimum absolute atomic E-state index is 0.596. The normalized spacial score (nSPS) is 13.0. The molecule has 27 heavy (non-hydrogen) atoms. The van der Waals surface area contributed by atoms with Crippen molar-refractivity contribution in [1.82, 2.24) is 5.43 Å². The van der Waals surface area contributed by atoms with Crippen LogP contribution in [0, 0.1) is 0 Å². The van der Waals surface area contributed by atoms with E-state index >= 15 is 0 Å². The average Bonchev–Trinajstić information content (AvgIpc) is 2.88. The summed E-state index contributed by atoms with van der Waals surface area (Å²) in [6.07, 6.45) is 0. The minimum Gasteiger partial charge on any atom is -0.494 e. The summed E-state index contributed by atoms with van der Waals surface area (Å²) in [7, 11) is 0. The number of ether oxygens (including phenoxy) is 1. The van der Waals surface area contributed by atoms with Gasteiger partial charge in [-0.3, -0.25) is 5.43 Å². The van der Waals surface area contributed by atoms with Crippen LogP contribution in [0.25, 0.3) is 0 Å². The summed E-state index contributed by atoms with van der Waals surface area (Å²) in [5.41, 5.74) is 7.47. The van der Waals surface area contributed by atoms with E-state index in [1.165, 1.54) is 0 Å². The maximum absolute atomic E-state index is 6.21. The predicted octanol–water partition coefficient (Wildman–Crippen LogP) is 5.17. The fraction of sp³-hybridized carbons (Fsp3) is 0.0909. The highest BCUT2D eigenvalue weighted by atomic mass is 35.5. The second-order valence-corrected chi connectivity index (χ2v) is 6.46. The molecular formula is C22H18ClN3O. The molecule has 0 aromatic heterocycles. The Morgan fingerprint density at radius 2 is 1.74 bits per heavy atom. The van der Waals surface area contributed by atoms with Gasteiger partial charge in [0.1, 0.15) is 11.5 Å². The zero-order valence-corrected chi connectivity index (χ0v) is 15.6. The number of nitrogens with zero attached hydrogens (tertiary/aromatic N) is 2. The van der Waals surface area contributed by atoms with E-state index in [-0.39, 0.29) is 0 Å². The molecule has 134 valence electrons. The van der Waals surface area contributed by atoms with Crippen molar-refractivity contribution < 1.29 is 4.74 Å². The van der Waals surface area contributed by atoms with Crippen molar-refractivity contribution in [3.05, 3.63) is 94.5 Å². The standard InChI is InChI=1S/C22H18ClN3O/c1-2-27-18-11-12-20-19(14-18)21(16-9-6-10-17(23)13-16)25-26-22(24-20)15-7-4-3-5-8-15/h3-14H,2H2,1H3,(H,24,26). The quantitative estimate of drug-likeness (QED) is 0.683. The molecule has 0 saturated heterocycles. The van der Waals surface area contributed by atoms with Crippen molar-refractivity contribution in [3.8, 4) is 5.75 Å². The first-order valence-corrected chi connectivity index (χ1v) is 9.13. The van der Waals surface area contributed by atoms with Gasteiger partial charge in [0.15, 0.2) is 5.84 Å². The monoisotopic (exact) mass is 375 g/mol. The molecule has 3 aromatic carbocycles. The lowest BCUT2D eigenvalue weighted by atomic mass is 10.0. The first kappa shape index (κ1) is 17.3. The largest absolute Gasteiger partial charge is 0.494 e. The lowest BCUT2D eigenvalue weighted by molar-refractivity contribution is 0.340. The van der Waals surface area contributed by atoms with Crippen LogP contribution in [0.2, 0.25) is 5.02 Å². The van der Waals surface area contributed by atoms with Crippen LogP contribution in [0.1, 0.15) is 23.6 Å². The number of hydrazone groups is 1. The molecule has 4 rings (SSSR count). The Morgan fingerprint density at radius 3 is 2.52 bits per heavy atom. The van der Waals surface area contributed by atoms with Crippen LogP contribution in [0.5, 0.6) is 5.75 Å². The van der Waals surface area contributed by atoms with E-state index in [1.54, 1.807) is 0 Å². The Balaban J connectivity index is 1.87. The number of fused-ring (bicyclic) bond motifs is 1. The summed E-state index contributed by atoms with van der Waals surface area (Å²) in [6.45, 7) is 2.56.